The summed E-state index contributed by atoms with van der Waals surface area (Å²) in [5.41, 5.74) is 1.83. The van der Waals surface area contributed by atoms with Crippen LogP contribution in [0.2, 0.25) is 0 Å². The third kappa shape index (κ3) is 3.03. The van der Waals surface area contributed by atoms with Gasteiger partial charge >= 0.3 is 0 Å². The summed E-state index contributed by atoms with van der Waals surface area (Å²) < 4.78 is 28.3. The van der Waals surface area contributed by atoms with Crippen molar-refractivity contribution in [2.45, 2.75) is 45.0 Å². The lowest BCUT2D eigenvalue weighted by molar-refractivity contribution is -0.0854. The van der Waals surface area contributed by atoms with E-state index in [1.807, 2.05) is 13.0 Å². The maximum Gasteiger partial charge on any atom is 0.251 e. The van der Waals surface area contributed by atoms with Crippen molar-refractivity contribution in [3.8, 4) is 0 Å². The van der Waals surface area contributed by atoms with Gasteiger partial charge < -0.3 is 0 Å². The van der Waals surface area contributed by atoms with E-state index in [4.69, 9.17) is 0 Å². The fourth-order valence-corrected chi connectivity index (χ4v) is 2.60. The molecule has 0 aliphatic heterocycles. The summed E-state index contributed by atoms with van der Waals surface area (Å²) in [5.74, 6) is -3.05. The largest absolute Gasteiger partial charge is 0.260 e. The molecule has 0 radical (unpaired) electrons. The minimum absolute atomic E-state index is 0.0349. The van der Waals surface area contributed by atoms with Crippen LogP contribution in [0.1, 0.15) is 36.9 Å². The van der Waals surface area contributed by atoms with Crippen LogP contribution in [-0.2, 0) is 6.42 Å². The van der Waals surface area contributed by atoms with Crippen LogP contribution >= 0.6 is 15.9 Å². The average molecular weight is 304 g/mol. The molecule has 0 bridgehead atoms. The average Bonchev–Trinajstić information content (AvgIpc) is 2.26. The van der Waals surface area contributed by atoms with E-state index in [2.05, 4.69) is 20.9 Å². The summed E-state index contributed by atoms with van der Waals surface area (Å²) in [6, 6.07) is 1.90. The maximum absolute atomic E-state index is 13.7. The molecule has 1 aromatic heterocycles. The van der Waals surface area contributed by atoms with E-state index < -0.39 is 11.8 Å². The van der Waals surface area contributed by atoms with Crippen molar-refractivity contribution in [2.24, 2.45) is 5.92 Å². The SMILES string of the molecule is Cc1cc(CC2CCCCC2(F)F)ncc1Br. The van der Waals surface area contributed by atoms with Gasteiger partial charge in [-0.15, -0.1) is 0 Å². The van der Waals surface area contributed by atoms with Crippen molar-refractivity contribution in [1.29, 1.82) is 0 Å². The van der Waals surface area contributed by atoms with Crippen LogP contribution in [0.15, 0.2) is 16.7 Å². The molecule has 1 aromatic rings. The number of hydrogen-bond acceptors (Lipinski definition) is 1. The molecule has 0 amide bonds. The van der Waals surface area contributed by atoms with Gasteiger partial charge in [0.25, 0.3) is 5.92 Å². The molecule has 1 fully saturated rings. The molecule has 0 saturated heterocycles. The van der Waals surface area contributed by atoms with Gasteiger partial charge in [0.05, 0.1) is 0 Å². The topological polar surface area (TPSA) is 12.9 Å². The van der Waals surface area contributed by atoms with E-state index in [1.54, 1.807) is 6.20 Å². The first-order valence-electron chi connectivity index (χ1n) is 5.98. The van der Waals surface area contributed by atoms with Gasteiger partial charge in [-0.1, -0.05) is 6.42 Å². The Morgan fingerprint density at radius 2 is 2.24 bits per heavy atom. The first-order valence-corrected chi connectivity index (χ1v) is 6.77. The summed E-state index contributed by atoms with van der Waals surface area (Å²) in [6.45, 7) is 1.95. The van der Waals surface area contributed by atoms with Gasteiger partial charge in [-0.2, -0.15) is 0 Å². The van der Waals surface area contributed by atoms with Crippen LogP contribution in [0.5, 0.6) is 0 Å². The van der Waals surface area contributed by atoms with Gasteiger partial charge in [0.1, 0.15) is 0 Å². The number of aromatic nitrogens is 1. The van der Waals surface area contributed by atoms with Crippen molar-refractivity contribution < 1.29 is 8.78 Å². The highest BCUT2D eigenvalue weighted by atomic mass is 79.9. The monoisotopic (exact) mass is 303 g/mol. The highest BCUT2D eigenvalue weighted by Crippen LogP contribution is 2.40. The Kier molecular flexibility index (Phi) is 3.81. The molecule has 1 aliphatic rings. The highest BCUT2D eigenvalue weighted by molar-refractivity contribution is 9.10. The van der Waals surface area contributed by atoms with Crippen LogP contribution in [0.4, 0.5) is 8.78 Å². The second-order valence-electron chi connectivity index (χ2n) is 4.83. The number of halogens is 3. The Balaban J connectivity index is 2.11. The minimum Gasteiger partial charge on any atom is -0.260 e. The minimum atomic E-state index is -2.51. The zero-order valence-electron chi connectivity index (χ0n) is 9.85. The zero-order chi connectivity index (χ0) is 12.5. The van der Waals surface area contributed by atoms with Crippen molar-refractivity contribution >= 4 is 15.9 Å². The molecule has 0 N–H and O–H groups in total. The molecule has 94 valence electrons. The van der Waals surface area contributed by atoms with Crippen LogP contribution in [0, 0.1) is 12.8 Å². The summed E-state index contributed by atoms with van der Waals surface area (Å²) in [7, 11) is 0. The Morgan fingerprint density at radius 3 is 2.88 bits per heavy atom. The Morgan fingerprint density at radius 1 is 1.47 bits per heavy atom. The summed E-state index contributed by atoms with van der Waals surface area (Å²) in [4.78, 5) is 4.22. The quantitative estimate of drug-likeness (QED) is 0.783. The first-order chi connectivity index (χ1) is 7.99. The van der Waals surface area contributed by atoms with Gasteiger partial charge in [0.2, 0.25) is 0 Å². The molecule has 1 heterocycles. The molecule has 1 unspecified atom stereocenters. The molecule has 2 rings (SSSR count). The molecular formula is C13H16BrF2N. The molecular weight excluding hydrogens is 288 g/mol. The number of alkyl halides is 2. The van der Waals surface area contributed by atoms with Gasteiger partial charge in [-0.25, -0.2) is 8.78 Å². The fraction of sp³-hybridized carbons (Fsp3) is 0.615. The van der Waals surface area contributed by atoms with E-state index in [0.717, 1.165) is 22.2 Å². The molecule has 0 aromatic carbocycles. The molecule has 1 saturated carbocycles. The van der Waals surface area contributed by atoms with E-state index in [-0.39, 0.29) is 6.42 Å². The summed E-state index contributed by atoms with van der Waals surface area (Å²) >= 11 is 3.37. The van der Waals surface area contributed by atoms with E-state index in [1.165, 1.54) is 0 Å². The normalized spacial score (nSPS) is 23.6. The Labute approximate surface area is 109 Å². The van der Waals surface area contributed by atoms with Gasteiger partial charge in [0, 0.05) is 28.7 Å². The third-order valence-electron chi connectivity index (χ3n) is 3.47. The smallest absolute Gasteiger partial charge is 0.251 e. The number of hydrogen-bond donors (Lipinski definition) is 0. The fourth-order valence-electron chi connectivity index (χ4n) is 2.38. The Hall–Kier alpha value is -0.510. The number of nitrogens with zero attached hydrogens (tertiary/aromatic N) is 1. The number of rotatable bonds is 2. The number of aryl methyl sites for hydroxylation is 1. The van der Waals surface area contributed by atoms with Crippen LogP contribution < -0.4 is 0 Å². The van der Waals surface area contributed by atoms with Crippen molar-refractivity contribution in [2.75, 3.05) is 0 Å². The molecule has 17 heavy (non-hydrogen) atoms. The molecule has 1 atom stereocenters. The Bertz CT molecular complexity index is 406. The highest BCUT2D eigenvalue weighted by Gasteiger charge is 2.41. The molecule has 1 nitrogen and oxygen atoms in total. The van der Waals surface area contributed by atoms with Crippen LogP contribution in [-0.4, -0.2) is 10.9 Å². The lowest BCUT2D eigenvalue weighted by Crippen LogP contribution is -2.33. The van der Waals surface area contributed by atoms with Crippen molar-refractivity contribution in [1.82, 2.24) is 4.98 Å². The summed E-state index contributed by atoms with van der Waals surface area (Å²) in [6.07, 6.45) is 4.30. The second kappa shape index (κ2) is 5.01. The van der Waals surface area contributed by atoms with E-state index in [0.29, 0.717) is 19.3 Å². The molecule has 4 heteroatoms. The van der Waals surface area contributed by atoms with E-state index >= 15 is 0 Å². The standard InChI is InChI=1S/C13H16BrF2N/c1-9-6-11(17-8-12(9)14)7-10-4-2-3-5-13(10,15)16/h6,8,10H,2-5,7H2,1H3. The van der Waals surface area contributed by atoms with Crippen LogP contribution in [0.25, 0.3) is 0 Å². The molecule has 0 spiro atoms. The number of pyridine rings is 1. The van der Waals surface area contributed by atoms with Crippen molar-refractivity contribution in [3.05, 3.63) is 28.0 Å². The zero-order valence-corrected chi connectivity index (χ0v) is 11.4. The molecule has 1 aliphatic carbocycles. The van der Waals surface area contributed by atoms with Crippen molar-refractivity contribution in [3.63, 3.8) is 0 Å². The van der Waals surface area contributed by atoms with Gasteiger partial charge in [-0.3, -0.25) is 4.98 Å². The lowest BCUT2D eigenvalue weighted by Gasteiger charge is -2.31. The van der Waals surface area contributed by atoms with Gasteiger partial charge in [-0.05, 0) is 53.7 Å². The third-order valence-corrected chi connectivity index (χ3v) is 4.30. The predicted octanol–water partition coefficient (Wildman–Crippen LogP) is 4.52. The van der Waals surface area contributed by atoms with Crippen LogP contribution in [0.3, 0.4) is 0 Å². The maximum atomic E-state index is 13.7. The predicted molar refractivity (Wildman–Crippen MR) is 67.3 cm³/mol. The lowest BCUT2D eigenvalue weighted by atomic mass is 9.82. The summed E-state index contributed by atoms with van der Waals surface area (Å²) in [5, 5.41) is 0. The first kappa shape index (κ1) is 12.9. The second-order valence-corrected chi connectivity index (χ2v) is 5.69. The van der Waals surface area contributed by atoms with Gasteiger partial charge in [0.15, 0.2) is 0 Å². The van der Waals surface area contributed by atoms with E-state index in [9.17, 15) is 8.78 Å².